The van der Waals surface area contributed by atoms with Gasteiger partial charge in [0.1, 0.15) is 12.2 Å². The summed E-state index contributed by atoms with van der Waals surface area (Å²) >= 11 is 0. The van der Waals surface area contributed by atoms with Gasteiger partial charge in [-0.15, -0.1) is 0 Å². The molecule has 0 unspecified atom stereocenters. The van der Waals surface area contributed by atoms with E-state index < -0.39 is 54.6 Å². The van der Waals surface area contributed by atoms with Gasteiger partial charge in [0.05, 0.1) is 18.8 Å². The Kier molecular flexibility index (Phi) is 8.23. The second-order valence-electron chi connectivity index (χ2n) is 5.69. The molecule has 0 saturated carbocycles. The van der Waals surface area contributed by atoms with Crippen molar-refractivity contribution in [2.24, 2.45) is 0 Å². The number of nitrogens with one attached hydrogen (secondary N) is 1. The quantitative estimate of drug-likeness (QED) is 0.459. The van der Waals surface area contributed by atoms with Gasteiger partial charge >= 0.3 is 11.9 Å². The van der Waals surface area contributed by atoms with Gasteiger partial charge in [-0.25, -0.2) is 0 Å². The third kappa shape index (κ3) is 6.24. The number of carbonyl (C=O) groups is 3. The lowest BCUT2D eigenvalue weighted by molar-refractivity contribution is -0.267. The molecule has 1 heterocycles. The van der Waals surface area contributed by atoms with Gasteiger partial charge in [0.25, 0.3) is 0 Å². The molecule has 1 aliphatic heterocycles. The van der Waals surface area contributed by atoms with Crippen LogP contribution in [0.2, 0.25) is 0 Å². The van der Waals surface area contributed by atoms with Crippen LogP contribution in [-0.2, 0) is 33.3 Å². The molecule has 0 aliphatic carbocycles. The first-order chi connectivity index (χ1) is 11.7. The number of hydrogen-bond acceptors (Lipinski definition) is 9. The van der Waals surface area contributed by atoms with Gasteiger partial charge in [0.15, 0.2) is 12.4 Å². The maximum absolute atomic E-state index is 12.1. The summed E-state index contributed by atoms with van der Waals surface area (Å²) in [6.45, 7) is 3.86. The molecule has 6 atom stereocenters. The maximum Gasteiger partial charge on any atom is 0.303 e. The molecule has 0 aromatic carbocycles. The Balaban J connectivity index is 2.75. The molecule has 0 aromatic rings. The van der Waals surface area contributed by atoms with Crippen LogP contribution in [0.3, 0.4) is 0 Å². The summed E-state index contributed by atoms with van der Waals surface area (Å²) in [6, 6.07) is -0.902. The highest BCUT2D eigenvalue weighted by Gasteiger charge is 2.46. The van der Waals surface area contributed by atoms with Crippen LogP contribution in [0, 0.1) is 0 Å². The molecule has 0 radical (unpaired) electrons. The molecule has 144 valence electrons. The first-order valence-electron chi connectivity index (χ1n) is 7.82. The molecular formula is C15H25NO9. The molecule has 10 nitrogen and oxygen atoms in total. The molecule has 10 heteroatoms. The molecule has 0 aromatic heterocycles. The zero-order valence-corrected chi connectivity index (χ0v) is 14.6. The van der Waals surface area contributed by atoms with E-state index in [1.165, 1.54) is 21.0 Å². The minimum absolute atomic E-state index is 0.102. The van der Waals surface area contributed by atoms with Crippen LogP contribution in [0.1, 0.15) is 27.2 Å². The predicted octanol–water partition coefficient (Wildman–Crippen LogP) is -1.53. The zero-order chi connectivity index (χ0) is 19.1. The monoisotopic (exact) mass is 363 g/mol. The Morgan fingerprint density at radius 3 is 2.40 bits per heavy atom. The Labute approximate surface area is 145 Å². The molecule has 1 amide bonds. The number of rotatable bonds is 7. The van der Waals surface area contributed by atoms with Crippen LogP contribution in [0.15, 0.2) is 0 Å². The lowest BCUT2D eigenvalue weighted by Crippen LogP contribution is -2.65. The number of hydrogen-bond donors (Lipinski definition) is 3. The Bertz CT molecular complexity index is 484. The molecule has 1 aliphatic rings. The van der Waals surface area contributed by atoms with Gasteiger partial charge in [0, 0.05) is 27.4 Å². The average molecular weight is 363 g/mol. The Morgan fingerprint density at radius 2 is 1.88 bits per heavy atom. The summed E-state index contributed by atoms with van der Waals surface area (Å²) in [4.78, 5) is 34.1. The second-order valence-corrected chi connectivity index (χ2v) is 5.69. The molecule has 0 bridgehead atoms. The van der Waals surface area contributed by atoms with Crippen LogP contribution in [0.25, 0.3) is 0 Å². The van der Waals surface area contributed by atoms with Crippen LogP contribution in [0.4, 0.5) is 0 Å². The van der Waals surface area contributed by atoms with Gasteiger partial charge in [-0.2, -0.15) is 0 Å². The molecule has 25 heavy (non-hydrogen) atoms. The summed E-state index contributed by atoms with van der Waals surface area (Å²) in [5.41, 5.74) is 0. The maximum atomic E-state index is 12.1. The van der Waals surface area contributed by atoms with Crippen molar-refractivity contribution in [2.45, 2.75) is 63.9 Å². The van der Waals surface area contributed by atoms with Crippen LogP contribution >= 0.6 is 0 Å². The van der Waals surface area contributed by atoms with Crippen LogP contribution < -0.4 is 5.32 Å². The van der Waals surface area contributed by atoms with Crippen molar-refractivity contribution < 1.29 is 43.5 Å². The summed E-state index contributed by atoms with van der Waals surface area (Å²) in [5.74, 6) is -1.94. The van der Waals surface area contributed by atoms with Crippen molar-refractivity contribution in [3.05, 3.63) is 0 Å². The van der Waals surface area contributed by atoms with E-state index in [2.05, 4.69) is 10.1 Å². The predicted molar refractivity (Wildman–Crippen MR) is 82.1 cm³/mol. The average Bonchev–Trinajstić information content (AvgIpc) is 2.52. The van der Waals surface area contributed by atoms with Crippen LogP contribution in [0.5, 0.6) is 0 Å². The fraction of sp³-hybridized carbons (Fsp3) is 0.800. The fourth-order valence-corrected chi connectivity index (χ4v) is 2.45. The van der Waals surface area contributed by atoms with E-state index in [0.29, 0.717) is 0 Å². The van der Waals surface area contributed by atoms with Gasteiger partial charge in [0.2, 0.25) is 5.91 Å². The van der Waals surface area contributed by atoms with E-state index in [4.69, 9.17) is 14.2 Å². The van der Waals surface area contributed by atoms with Crippen LogP contribution in [-0.4, -0.2) is 78.5 Å². The lowest BCUT2D eigenvalue weighted by Gasteiger charge is -2.42. The van der Waals surface area contributed by atoms with Crippen molar-refractivity contribution in [1.82, 2.24) is 5.32 Å². The fourth-order valence-electron chi connectivity index (χ4n) is 2.45. The largest absolute Gasteiger partial charge is 0.466 e. The Hall–Kier alpha value is -1.75. The normalized spacial score (nSPS) is 30.2. The van der Waals surface area contributed by atoms with E-state index in [0.717, 1.165) is 0 Å². The van der Waals surface area contributed by atoms with Gasteiger partial charge in [-0.3, -0.25) is 14.4 Å². The highest BCUT2D eigenvalue weighted by atomic mass is 16.7. The molecule has 1 saturated heterocycles. The third-order valence-corrected chi connectivity index (χ3v) is 3.67. The number of aliphatic hydroxyl groups excluding tert-OH is 2. The van der Waals surface area contributed by atoms with E-state index >= 15 is 0 Å². The molecule has 1 rings (SSSR count). The van der Waals surface area contributed by atoms with Crippen molar-refractivity contribution in [3.63, 3.8) is 0 Å². The van der Waals surface area contributed by atoms with Gasteiger partial charge in [-0.1, -0.05) is 0 Å². The summed E-state index contributed by atoms with van der Waals surface area (Å²) in [5, 5.41) is 22.6. The second kappa shape index (κ2) is 9.66. The number of aliphatic hydroxyl groups is 2. The number of ether oxygens (including phenoxy) is 4. The number of methoxy groups -OCH3 is 1. The van der Waals surface area contributed by atoms with Gasteiger partial charge < -0.3 is 34.5 Å². The van der Waals surface area contributed by atoms with Crippen molar-refractivity contribution in [2.75, 3.05) is 13.7 Å². The number of amides is 1. The summed E-state index contributed by atoms with van der Waals surface area (Å²) in [7, 11) is 1.32. The topological polar surface area (TPSA) is 141 Å². The molecular weight excluding hydrogens is 338 g/mol. The van der Waals surface area contributed by atoms with Crippen molar-refractivity contribution in [3.8, 4) is 0 Å². The minimum atomic E-state index is -1.44. The first kappa shape index (κ1) is 21.3. The van der Waals surface area contributed by atoms with E-state index in [-0.39, 0.29) is 13.0 Å². The SMILES string of the molecule is CO[C@H]1O[C@H](C)[C@@H](NC(=O)[C@@H](O)CCOC(C)=O)[C@H](OC(C)=O)[C@@H]1O. The third-order valence-electron chi connectivity index (χ3n) is 3.67. The standard InChI is InChI=1S/C15H25NO9/c1-7-11(16-14(21)10(19)5-6-23-8(2)17)13(25-9(3)18)12(20)15(22-4)24-7/h7,10-13,15,19-20H,5-6H2,1-4H3,(H,16,21)/t7-,10+,11-,12+,13+,15+/m1/s1. The molecule has 1 fully saturated rings. The van der Waals surface area contributed by atoms with E-state index in [1.807, 2.05) is 0 Å². The Morgan fingerprint density at radius 1 is 1.24 bits per heavy atom. The highest BCUT2D eigenvalue weighted by molar-refractivity contribution is 5.81. The number of carbonyl (C=O) groups excluding carboxylic acids is 3. The minimum Gasteiger partial charge on any atom is -0.466 e. The summed E-state index contributed by atoms with van der Waals surface area (Å²) in [6.07, 6.45) is -5.68. The molecule has 3 N–H and O–H groups in total. The number of esters is 2. The van der Waals surface area contributed by atoms with Crippen molar-refractivity contribution >= 4 is 17.8 Å². The summed E-state index contributed by atoms with van der Waals surface area (Å²) < 4.78 is 20.2. The lowest BCUT2D eigenvalue weighted by atomic mass is 9.96. The van der Waals surface area contributed by atoms with Gasteiger partial charge in [-0.05, 0) is 6.92 Å². The smallest absolute Gasteiger partial charge is 0.303 e. The highest BCUT2D eigenvalue weighted by Crippen LogP contribution is 2.24. The zero-order valence-electron chi connectivity index (χ0n) is 14.6. The molecule has 0 spiro atoms. The van der Waals surface area contributed by atoms with E-state index in [9.17, 15) is 24.6 Å². The first-order valence-corrected chi connectivity index (χ1v) is 7.82. The van der Waals surface area contributed by atoms with E-state index in [1.54, 1.807) is 6.92 Å². The van der Waals surface area contributed by atoms with Crippen molar-refractivity contribution in [1.29, 1.82) is 0 Å².